The second kappa shape index (κ2) is 10.8. The van der Waals surface area contributed by atoms with E-state index in [1.54, 1.807) is 12.5 Å². The molecule has 0 bridgehead atoms. The molecule has 0 unspecified atom stereocenters. The molecule has 5 heteroatoms. The van der Waals surface area contributed by atoms with E-state index in [0.717, 1.165) is 0 Å². The third-order valence-electron chi connectivity index (χ3n) is 2.73. The first-order valence-electron chi connectivity index (χ1n) is 6.65. The zero-order valence-electron chi connectivity index (χ0n) is 12.2. The Balaban J connectivity index is 0.000000392. The minimum Gasteiger partial charge on any atom is -0.341 e. The molecule has 108 valence electrons. The van der Waals surface area contributed by atoms with Crippen LogP contribution in [0, 0.1) is 0 Å². The molecule has 0 aliphatic rings. The van der Waals surface area contributed by atoms with E-state index in [0.29, 0.717) is 0 Å². The third-order valence-corrected chi connectivity index (χ3v) is 2.73. The van der Waals surface area contributed by atoms with E-state index in [2.05, 4.69) is 46.8 Å². The van der Waals surface area contributed by atoms with Gasteiger partial charge >= 0.3 is 0 Å². The van der Waals surface area contributed by atoms with Gasteiger partial charge in [0.1, 0.15) is 12.4 Å². The smallest absolute Gasteiger partial charge is 0.243 e. The van der Waals surface area contributed by atoms with Crippen LogP contribution >= 0.6 is 17.0 Å². The lowest BCUT2D eigenvalue weighted by Gasteiger charge is -1.95. The number of nitrogens with zero attached hydrogens (tertiary/aromatic N) is 4. The number of hydrogen-bond acceptors (Lipinski definition) is 1. The molecule has 2 aromatic rings. The van der Waals surface area contributed by atoms with Crippen LogP contribution in [0.2, 0.25) is 0 Å². The summed E-state index contributed by atoms with van der Waals surface area (Å²) in [5.74, 6) is 0. The number of aryl methyl sites for hydroxylation is 3. The fraction of sp³-hybridized carbons (Fsp3) is 0.571. The molecule has 0 saturated heterocycles. The van der Waals surface area contributed by atoms with Crippen molar-refractivity contribution >= 4 is 17.0 Å². The summed E-state index contributed by atoms with van der Waals surface area (Å²) >= 11 is 0. The minimum absolute atomic E-state index is 0. The molecule has 0 saturated carbocycles. The van der Waals surface area contributed by atoms with Crippen molar-refractivity contribution in [3.05, 3.63) is 37.4 Å². The number of rotatable bonds is 5. The lowest BCUT2D eigenvalue weighted by molar-refractivity contribution is -0.671. The van der Waals surface area contributed by atoms with Gasteiger partial charge in [-0.15, -0.1) is 17.0 Å². The maximum absolute atomic E-state index is 3.78. The second-order valence-corrected chi connectivity index (χ2v) is 4.61. The highest BCUT2D eigenvalue weighted by Gasteiger charge is 1.97. The van der Waals surface area contributed by atoms with Gasteiger partial charge in [0.25, 0.3) is 0 Å². The van der Waals surface area contributed by atoms with Crippen molar-refractivity contribution in [1.82, 2.24) is 14.1 Å². The van der Waals surface area contributed by atoms with Gasteiger partial charge < -0.3 is 4.57 Å². The zero-order valence-corrected chi connectivity index (χ0v) is 13.9. The Kier molecular flexibility index (Phi) is 10.2. The molecule has 0 aliphatic heterocycles. The van der Waals surface area contributed by atoms with Crippen molar-refractivity contribution in [3.8, 4) is 0 Å². The summed E-state index contributed by atoms with van der Waals surface area (Å²) in [4.78, 5) is 3.78. The normalized spacial score (nSPS) is 9.42. The fourth-order valence-corrected chi connectivity index (χ4v) is 1.68. The Morgan fingerprint density at radius 1 is 1.16 bits per heavy atom. The highest BCUT2D eigenvalue weighted by Crippen LogP contribution is 2.00. The van der Waals surface area contributed by atoms with Crippen molar-refractivity contribution in [2.45, 2.75) is 39.2 Å². The largest absolute Gasteiger partial charge is 0.341 e. The lowest BCUT2D eigenvalue weighted by atomic mass is 10.2. The Labute approximate surface area is 126 Å². The standard InChI is InChI=1S/C10H19N2.C4H6N2.BrH/c1-3-4-5-6-7-12-9-8-11(2)10-12;1-6-3-2-5-4-6;/h8-10H,3-7H2,1-2H3;2-4H,1H3;1H/q+1;;. The van der Waals surface area contributed by atoms with Crippen molar-refractivity contribution in [2.75, 3.05) is 0 Å². The average Bonchev–Trinajstić information content (AvgIpc) is 2.97. The predicted octanol–water partition coefficient (Wildman–Crippen LogP) is 2.89. The molecule has 0 N–H and O–H groups in total. The van der Waals surface area contributed by atoms with E-state index in [1.807, 2.05) is 17.8 Å². The van der Waals surface area contributed by atoms with Gasteiger partial charge in [-0.1, -0.05) is 19.8 Å². The van der Waals surface area contributed by atoms with E-state index >= 15 is 0 Å². The molecule has 0 fully saturated rings. The zero-order chi connectivity index (χ0) is 13.2. The maximum atomic E-state index is 3.78. The van der Waals surface area contributed by atoms with Crippen LogP contribution in [0.15, 0.2) is 37.4 Å². The van der Waals surface area contributed by atoms with Crippen LogP contribution in [-0.2, 0) is 20.6 Å². The van der Waals surface area contributed by atoms with Crippen molar-refractivity contribution in [2.24, 2.45) is 14.1 Å². The molecular weight excluding hydrogens is 304 g/mol. The predicted molar refractivity (Wildman–Crippen MR) is 83.3 cm³/mol. The van der Waals surface area contributed by atoms with Gasteiger partial charge in [-0.05, 0) is 12.8 Å². The lowest BCUT2D eigenvalue weighted by Crippen LogP contribution is -2.23. The van der Waals surface area contributed by atoms with Crippen molar-refractivity contribution < 1.29 is 4.57 Å². The third kappa shape index (κ3) is 8.59. The SMILES string of the molecule is Br.CCCCCCn1cc[n+](C)c1.Cn1ccnc1. The van der Waals surface area contributed by atoms with Gasteiger partial charge in [0.05, 0.1) is 19.9 Å². The van der Waals surface area contributed by atoms with Gasteiger partial charge in [-0.3, -0.25) is 0 Å². The summed E-state index contributed by atoms with van der Waals surface area (Å²) in [6, 6.07) is 0. The Hall–Kier alpha value is -1.10. The molecule has 0 atom stereocenters. The van der Waals surface area contributed by atoms with E-state index < -0.39 is 0 Å². The first-order chi connectivity index (χ1) is 8.72. The molecule has 19 heavy (non-hydrogen) atoms. The number of halogens is 1. The first-order valence-corrected chi connectivity index (χ1v) is 6.65. The summed E-state index contributed by atoms with van der Waals surface area (Å²) in [5.41, 5.74) is 0. The molecule has 0 amide bonds. The first kappa shape index (κ1) is 17.9. The van der Waals surface area contributed by atoms with Crippen LogP contribution in [0.4, 0.5) is 0 Å². The van der Waals surface area contributed by atoms with Crippen LogP contribution in [0.3, 0.4) is 0 Å². The molecule has 0 spiro atoms. The highest BCUT2D eigenvalue weighted by atomic mass is 79.9. The number of hydrogen-bond donors (Lipinski definition) is 0. The monoisotopic (exact) mass is 329 g/mol. The van der Waals surface area contributed by atoms with Gasteiger partial charge in [-0.25, -0.2) is 14.1 Å². The van der Waals surface area contributed by atoms with Gasteiger partial charge in [-0.2, -0.15) is 0 Å². The Morgan fingerprint density at radius 2 is 1.95 bits per heavy atom. The van der Waals surface area contributed by atoms with Crippen LogP contribution < -0.4 is 4.57 Å². The number of imidazole rings is 2. The van der Waals surface area contributed by atoms with E-state index in [-0.39, 0.29) is 17.0 Å². The van der Waals surface area contributed by atoms with Crippen molar-refractivity contribution in [3.63, 3.8) is 0 Å². The topological polar surface area (TPSA) is 26.6 Å². The van der Waals surface area contributed by atoms with E-state index in [9.17, 15) is 0 Å². The van der Waals surface area contributed by atoms with Crippen LogP contribution in [0.5, 0.6) is 0 Å². The van der Waals surface area contributed by atoms with Gasteiger partial charge in [0.15, 0.2) is 0 Å². The number of aromatic nitrogens is 4. The summed E-state index contributed by atoms with van der Waals surface area (Å²) in [6.45, 7) is 3.41. The fourth-order valence-electron chi connectivity index (χ4n) is 1.68. The van der Waals surface area contributed by atoms with Crippen molar-refractivity contribution in [1.29, 1.82) is 0 Å². The average molecular weight is 330 g/mol. The molecule has 2 aromatic heterocycles. The molecule has 0 radical (unpaired) electrons. The van der Waals surface area contributed by atoms with E-state index in [4.69, 9.17) is 0 Å². The molecule has 2 rings (SSSR count). The van der Waals surface area contributed by atoms with Gasteiger partial charge in [0, 0.05) is 19.4 Å². The quantitative estimate of drug-likeness (QED) is 0.612. The second-order valence-electron chi connectivity index (χ2n) is 4.61. The van der Waals surface area contributed by atoms with Gasteiger partial charge in [0.2, 0.25) is 6.33 Å². The maximum Gasteiger partial charge on any atom is 0.243 e. The Bertz CT molecular complexity index is 409. The molecule has 4 nitrogen and oxygen atoms in total. The summed E-state index contributed by atoms with van der Waals surface area (Å²) in [7, 11) is 4.00. The summed E-state index contributed by atoms with van der Waals surface area (Å²) in [6.07, 6.45) is 17.1. The summed E-state index contributed by atoms with van der Waals surface area (Å²) < 4.78 is 6.22. The molecule has 0 aromatic carbocycles. The van der Waals surface area contributed by atoms with Crippen LogP contribution in [0.1, 0.15) is 32.6 Å². The highest BCUT2D eigenvalue weighted by molar-refractivity contribution is 8.93. The minimum atomic E-state index is 0. The van der Waals surface area contributed by atoms with Crippen LogP contribution in [0.25, 0.3) is 0 Å². The number of unbranched alkanes of at least 4 members (excludes halogenated alkanes) is 3. The molecule has 0 aliphatic carbocycles. The Morgan fingerprint density at radius 3 is 2.37 bits per heavy atom. The van der Waals surface area contributed by atoms with E-state index in [1.165, 1.54) is 32.2 Å². The summed E-state index contributed by atoms with van der Waals surface area (Å²) in [5, 5.41) is 0. The molecular formula is C14H26BrN4+. The van der Waals surface area contributed by atoms with Crippen LogP contribution in [-0.4, -0.2) is 14.1 Å². The molecule has 2 heterocycles.